The monoisotopic (exact) mass is 218 g/mol. The standard InChI is InChI=1S/C10H19ClN2O/c11-3-1-4-12-5-2-6-13-7-9-14-10-8-13/h1,3,12H,2,4-10H2/b3-1+. The van der Waals surface area contributed by atoms with E-state index in [0.717, 1.165) is 39.4 Å². The molecule has 82 valence electrons. The van der Waals surface area contributed by atoms with Gasteiger partial charge in [-0.2, -0.15) is 0 Å². The molecule has 0 amide bonds. The maximum absolute atomic E-state index is 5.39. The summed E-state index contributed by atoms with van der Waals surface area (Å²) in [5, 5.41) is 3.30. The van der Waals surface area contributed by atoms with E-state index in [1.807, 2.05) is 6.08 Å². The van der Waals surface area contributed by atoms with Crippen molar-refractivity contribution < 1.29 is 4.74 Å². The van der Waals surface area contributed by atoms with E-state index in [1.165, 1.54) is 13.0 Å². The minimum Gasteiger partial charge on any atom is -0.379 e. The van der Waals surface area contributed by atoms with Gasteiger partial charge in [0.25, 0.3) is 0 Å². The second-order valence-electron chi connectivity index (χ2n) is 3.37. The summed E-state index contributed by atoms with van der Waals surface area (Å²) in [4.78, 5) is 2.45. The summed E-state index contributed by atoms with van der Waals surface area (Å²) in [6.45, 7) is 7.04. The highest BCUT2D eigenvalue weighted by atomic mass is 35.5. The van der Waals surface area contributed by atoms with Crippen LogP contribution in [0, 0.1) is 0 Å². The number of ether oxygens (including phenoxy) is 1. The Morgan fingerprint density at radius 2 is 2.14 bits per heavy atom. The Bertz CT molecular complexity index is 158. The van der Waals surface area contributed by atoms with Crippen molar-refractivity contribution in [2.24, 2.45) is 0 Å². The fraction of sp³-hybridized carbons (Fsp3) is 0.800. The van der Waals surface area contributed by atoms with Crippen LogP contribution in [-0.2, 0) is 4.74 Å². The Hall–Kier alpha value is -0.0900. The first kappa shape index (κ1) is 12.0. The molecule has 1 N–H and O–H groups in total. The van der Waals surface area contributed by atoms with Crippen molar-refractivity contribution >= 4 is 11.6 Å². The molecule has 0 aromatic heterocycles. The zero-order valence-electron chi connectivity index (χ0n) is 8.54. The highest BCUT2D eigenvalue weighted by Crippen LogP contribution is 1.97. The van der Waals surface area contributed by atoms with Gasteiger partial charge in [0.05, 0.1) is 13.2 Å². The third-order valence-electron chi connectivity index (χ3n) is 2.28. The van der Waals surface area contributed by atoms with Crippen LogP contribution in [0.25, 0.3) is 0 Å². The van der Waals surface area contributed by atoms with Crippen molar-refractivity contribution in [3.05, 3.63) is 11.6 Å². The SMILES string of the molecule is Cl/C=C/CNCCCN1CCOCC1. The molecule has 0 aliphatic carbocycles. The number of nitrogens with zero attached hydrogens (tertiary/aromatic N) is 1. The van der Waals surface area contributed by atoms with Gasteiger partial charge in [0.2, 0.25) is 0 Å². The third-order valence-corrected chi connectivity index (χ3v) is 2.46. The fourth-order valence-corrected chi connectivity index (χ4v) is 1.57. The molecule has 1 fully saturated rings. The zero-order chi connectivity index (χ0) is 10.1. The van der Waals surface area contributed by atoms with E-state index in [9.17, 15) is 0 Å². The van der Waals surface area contributed by atoms with E-state index in [4.69, 9.17) is 16.3 Å². The fourth-order valence-electron chi connectivity index (χ4n) is 1.48. The molecular formula is C10H19ClN2O. The molecule has 0 radical (unpaired) electrons. The molecule has 3 nitrogen and oxygen atoms in total. The number of hydrogen-bond acceptors (Lipinski definition) is 3. The van der Waals surface area contributed by atoms with Crippen LogP contribution in [0.5, 0.6) is 0 Å². The first-order chi connectivity index (χ1) is 6.93. The van der Waals surface area contributed by atoms with Crippen molar-refractivity contribution in [3.8, 4) is 0 Å². The van der Waals surface area contributed by atoms with E-state index in [0.29, 0.717) is 0 Å². The van der Waals surface area contributed by atoms with Gasteiger partial charge in [-0.25, -0.2) is 0 Å². The number of morpholine rings is 1. The second-order valence-corrected chi connectivity index (χ2v) is 3.63. The van der Waals surface area contributed by atoms with Crippen LogP contribution in [0.1, 0.15) is 6.42 Å². The van der Waals surface area contributed by atoms with Gasteiger partial charge in [-0.3, -0.25) is 4.90 Å². The average Bonchev–Trinajstić information content (AvgIpc) is 2.25. The molecule has 0 spiro atoms. The molecule has 14 heavy (non-hydrogen) atoms. The number of halogens is 1. The Kier molecular flexibility index (Phi) is 7.05. The molecule has 0 aromatic carbocycles. The summed E-state index contributed by atoms with van der Waals surface area (Å²) < 4.78 is 5.28. The van der Waals surface area contributed by atoms with Crippen LogP contribution in [0.15, 0.2) is 11.6 Å². The van der Waals surface area contributed by atoms with Crippen LogP contribution in [0.2, 0.25) is 0 Å². The predicted molar refractivity (Wildman–Crippen MR) is 59.7 cm³/mol. The molecule has 1 aliphatic heterocycles. The highest BCUT2D eigenvalue weighted by Gasteiger charge is 2.08. The van der Waals surface area contributed by atoms with E-state index >= 15 is 0 Å². The van der Waals surface area contributed by atoms with Crippen molar-refractivity contribution in [1.29, 1.82) is 0 Å². The maximum atomic E-state index is 5.39. The van der Waals surface area contributed by atoms with Crippen LogP contribution in [-0.4, -0.2) is 50.8 Å². The summed E-state index contributed by atoms with van der Waals surface area (Å²) in [6, 6.07) is 0. The van der Waals surface area contributed by atoms with Gasteiger partial charge in [-0.1, -0.05) is 17.7 Å². The first-order valence-corrected chi connectivity index (χ1v) is 5.63. The number of nitrogens with one attached hydrogen (secondary N) is 1. The van der Waals surface area contributed by atoms with E-state index < -0.39 is 0 Å². The summed E-state index contributed by atoms with van der Waals surface area (Å²) in [5.41, 5.74) is 1.55. The lowest BCUT2D eigenvalue weighted by atomic mass is 10.3. The van der Waals surface area contributed by atoms with Gasteiger partial charge in [-0.15, -0.1) is 0 Å². The molecule has 0 atom stereocenters. The topological polar surface area (TPSA) is 24.5 Å². The Morgan fingerprint density at radius 1 is 1.36 bits per heavy atom. The van der Waals surface area contributed by atoms with E-state index in [2.05, 4.69) is 10.2 Å². The maximum Gasteiger partial charge on any atom is 0.0594 e. The molecule has 0 saturated carbocycles. The van der Waals surface area contributed by atoms with Crippen molar-refractivity contribution in [3.63, 3.8) is 0 Å². The lowest BCUT2D eigenvalue weighted by Crippen LogP contribution is -2.37. The van der Waals surface area contributed by atoms with Crippen LogP contribution in [0.4, 0.5) is 0 Å². The summed E-state index contributed by atoms with van der Waals surface area (Å²) >= 11 is 5.39. The Balaban J connectivity index is 1.87. The first-order valence-electron chi connectivity index (χ1n) is 5.19. The van der Waals surface area contributed by atoms with Gasteiger partial charge in [0, 0.05) is 25.2 Å². The molecule has 1 saturated heterocycles. The third kappa shape index (κ3) is 5.60. The predicted octanol–water partition coefficient (Wildman–Crippen LogP) is 1.05. The molecule has 0 bridgehead atoms. The number of hydrogen-bond donors (Lipinski definition) is 1. The van der Waals surface area contributed by atoms with Gasteiger partial charge < -0.3 is 10.1 Å². The van der Waals surface area contributed by atoms with E-state index in [1.54, 1.807) is 5.54 Å². The summed E-state index contributed by atoms with van der Waals surface area (Å²) in [6.07, 6.45) is 3.10. The van der Waals surface area contributed by atoms with Crippen molar-refractivity contribution in [2.45, 2.75) is 6.42 Å². The van der Waals surface area contributed by atoms with Gasteiger partial charge in [0.15, 0.2) is 0 Å². The molecular weight excluding hydrogens is 200 g/mol. The molecule has 1 heterocycles. The summed E-state index contributed by atoms with van der Waals surface area (Å²) in [5.74, 6) is 0. The minimum atomic E-state index is 0.868. The minimum absolute atomic E-state index is 0.868. The van der Waals surface area contributed by atoms with Crippen molar-refractivity contribution in [2.75, 3.05) is 45.9 Å². The molecule has 1 aliphatic rings. The quantitative estimate of drug-likeness (QED) is 0.675. The molecule has 1 rings (SSSR count). The van der Waals surface area contributed by atoms with Gasteiger partial charge in [-0.05, 0) is 19.5 Å². The average molecular weight is 219 g/mol. The van der Waals surface area contributed by atoms with Crippen LogP contribution < -0.4 is 5.32 Å². The zero-order valence-corrected chi connectivity index (χ0v) is 9.30. The normalized spacial score (nSPS) is 19.2. The Labute approximate surface area is 91.1 Å². The largest absolute Gasteiger partial charge is 0.379 e. The number of rotatable bonds is 6. The van der Waals surface area contributed by atoms with Crippen LogP contribution in [0.3, 0.4) is 0 Å². The molecule has 0 unspecified atom stereocenters. The summed E-state index contributed by atoms with van der Waals surface area (Å²) in [7, 11) is 0. The molecule has 4 heteroatoms. The van der Waals surface area contributed by atoms with Gasteiger partial charge >= 0.3 is 0 Å². The second kappa shape index (κ2) is 8.24. The van der Waals surface area contributed by atoms with E-state index in [-0.39, 0.29) is 0 Å². The smallest absolute Gasteiger partial charge is 0.0594 e. The van der Waals surface area contributed by atoms with Crippen LogP contribution >= 0.6 is 11.6 Å². The van der Waals surface area contributed by atoms with Gasteiger partial charge in [0.1, 0.15) is 0 Å². The highest BCUT2D eigenvalue weighted by molar-refractivity contribution is 6.25. The lowest BCUT2D eigenvalue weighted by Gasteiger charge is -2.26. The lowest BCUT2D eigenvalue weighted by molar-refractivity contribution is 0.0375. The molecule has 0 aromatic rings. The van der Waals surface area contributed by atoms with Crippen molar-refractivity contribution in [1.82, 2.24) is 10.2 Å². The Morgan fingerprint density at radius 3 is 2.86 bits per heavy atom.